The second kappa shape index (κ2) is 11.4. The summed E-state index contributed by atoms with van der Waals surface area (Å²) < 4.78 is 7.96. The Morgan fingerprint density at radius 3 is 1.04 bits per heavy atom. The maximum Gasteiger partial charge on any atom is 0.103 e. The van der Waals surface area contributed by atoms with Crippen molar-refractivity contribution >= 4 is 90.0 Å². The van der Waals surface area contributed by atoms with E-state index in [1.807, 2.05) is 109 Å². The molecule has 0 N–H and O–H groups in total. The van der Waals surface area contributed by atoms with Crippen LogP contribution < -0.4 is 0 Å². The van der Waals surface area contributed by atoms with Crippen LogP contribution in [0.1, 0.15) is 11.4 Å². The predicted molar refractivity (Wildman–Crippen MR) is 193 cm³/mol. The zero-order chi connectivity index (χ0) is 32.5. The Bertz CT molecular complexity index is 2380. The van der Waals surface area contributed by atoms with E-state index in [9.17, 15) is 0 Å². The molecule has 8 nitrogen and oxygen atoms in total. The molecule has 0 saturated heterocycles. The van der Waals surface area contributed by atoms with Gasteiger partial charge in [-0.1, -0.05) is 56.8 Å². The molecule has 0 atom stereocenters. The van der Waals surface area contributed by atoms with Gasteiger partial charge in [0.05, 0.1) is 36.9 Å². The maximum atomic E-state index is 6.34. The summed E-state index contributed by atoms with van der Waals surface area (Å²) in [4.78, 5) is 0. The molecule has 234 valence electrons. The molecule has 9 rings (SSSR count). The highest BCUT2D eigenvalue weighted by Crippen LogP contribution is 2.35. The van der Waals surface area contributed by atoms with Gasteiger partial charge in [0.15, 0.2) is 0 Å². The minimum atomic E-state index is 0.537. The first kappa shape index (κ1) is 29.3. The van der Waals surface area contributed by atoms with E-state index in [0.717, 1.165) is 66.4 Å². The molecule has 0 fully saturated rings. The first-order valence-corrected chi connectivity index (χ1v) is 16.6. The summed E-state index contributed by atoms with van der Waals surface area (Å²) in [6.45, 7) is 1.07. The maximum absolute atomic E-state index is 6.34. The van der Waals surface area contributed by atoms with E-state index in [2.05, 4.69) is 29.8 Å². The van der Waals surface area contributed by atoms with Crippen LogP contribution in [0.3, 0.4) is 0 Å². The Hall–Kier alpha value is -4.86. The predicted octanol–water partition coefficient (Wildman–Crippen LogP) is 9.77. The molecule has 0 bridgehead atoms. The van der Waals surface area contributed by atoms with Gasteiger partial charge in [-0.25, -0.2) is 9.36 Å². The molecule has 0 aliphatic heterocycles. The van der Waals surface area contributed by atoms with Crippen LogP contribution in [0.25, 0.3) is 55.0 Å². The van der Waals surface area contributed by atoms with Gasteiger partial charge in [0.1, 0.15) is 11.4 Å². The summed E-state index contributed by atoms with van der Waals surface area (Å²) in [7, 11) is 0. The minimum Gasteiger partial charge on any atom is -0.334 e. The molecule has 0 aliphatic rings. The summed E-state index contributed by atoms with van der Waals surface area (Å²) in [5.74, 6) is 0. The van der Waals surface area contributed by atoms with Gasteiger partial charge in [0.2, 0.25) is 0 Å². The van der Waals surface area contributed by atoms with Gasteiger partial charge in [-0.2, -0.15) is 0 Å². The lowest BCUT2D eigenvalue weighted by atomic mass is 10.1. The number of halogens is 4. The van der Waals surface area contributed by atoms with Crippen molar-refractivity contribution in [1.29, 1.82) is 0 Å². The molecular weight excluding hydrogens is 686 g/mol. The van der Waals surface area contributed by atoms with E-state index in [-0.39, 0.29) is 0 Å². The van der Waals surface area contributed by atoms with Gasteiger partial charge in [-0.15, -0.1) is 10.2 Å². The molecule has 0 unspecified atom stereocenters. The molecule has 5 aromatic carbocycles. The Labute approximate surface area is 293 Å². The highest BCUT2D eigenvalue weighted by Gasteiger charge is 2.16. The Morgan fingerprint density at radius 2 is 0.729 bits per heavy atom. The van der Waals surface area contributed by atoms with Crippen LogP contribution in [-0.2, 0) is 13.1 Å². The lowest BCUT2D eigenvalue weighted by molar-refractivity contribution is 0.776. The van der Waals surface area contributed by atoms with Gasteiger partial charge in [-0.3, -0.25) is 0 Å². The number of hydrogen-bond donors (Lipinski definition) is 0. The minimum absolute atomic E-state index is 0.537. The molecule has 0 radical (unpaired) electrons. The number of aromatic nitrogens is 8. The standard InChI is InChI=1S/C36H22Cl4N8/c37-21-1-9-33-29(13-21)30-14-22(38)2-10-34(30)45(33)17-25-19-47(43-41-25)27-5-7-28(8-6-27)48-20-26(42-44-48)18-46-35-11-3-23(39)15-31(35)32-16-24(40)4-12-36(32)46/h1-16,19-20H,17-18H2. The summed E-state index contributed by atoms with van der Waals surface area (Å²) in [5.41, 5.74) is 7.59. The van der Waals surface area contributed by atoms with E-state index in [4.69, 9.17) is 46.4 Å². The summed E-state index contributed by atoms with van der Waals surface area (Å²) in [6, 6.07) is 31.5. The van der Waals surface area contributed by atoms with Gasteiger partial charge < -0.3 is 9.13 Å². The third-order valence-corrected chi connectivity index (χ3v) is 9.62. The van der Waals surface area contributed by atoms with Gasteiger partial charge in [0.25, 0.3) is 0 Å². The fraction of sp³-hybridized carbons (Fsp3) is 0.0556. The van der Waals surface area contributed by atoms with Crippen molar-refractivity contribution in [2.75, 3.05) is 0 Å². The van der Waals surface area contributed by atoms with Crippen molar-refractivity contribution < 1.29 is 0 Å². The molecule has 48 heavy (non-hydrogen) atoms. The number of rotatable bonds is 6. The van der Waals surface area contributed by atoms with Crippen molar-refractivity contribution in [3.05, 3.63) is 141 Å². The third kappa shape index (κ3) is 5.00. The summed E-state index contributed by atoms with van der Waals surface area (Å²) in [6.07, 6.45) is 3.89. The molecule has 4 aromatic heterocycles. The first-order chi connectivity index (χ1) is 23.4. The van der Waals surface area contributed by atoms with Crippen molar-refractivity contribution in [2.45, 2.75) is 13.1 Å². The lowest BCUT2D eigenvalue weighted by Gasteiger charge is -2.06. The summed E-state index contributed by atoms with van der Waals surface area (Å²) in [5, 5.41) is 24.7. The fourth-order valence-electron chi connectivity index (χ4n) is 6.51. The number of benzene rings is 5. The second-order valence-corrected chi connectivity index (χ2v) is 13.4. The van der Waals surface area contributed by atoms with Crippen LogP contribution >= 0.6 is 46.4 Å². The Morgan fingerprint density at radius 1 is 0.417 bits per heavy atom. The average Bonchev–Trinajstić information content (AvgIpc) is 3.87. The van der Waals surface area contributed by atoms with Crippen LogP contribution in [0.2, 0.25) is 20.1 Å². The topological polar surface area (TPSA) is 71.3 Å². The molecule has 9 aromatic rings. The van der Waals surface area contributed by atoms with Crippen molar-refractivity contribution in [1.82, 2.24) is 39.1 Å². The molecular formula is C36H22Cl4N8. The van der Waals surface area contributed by atoms with Gasteiger partial charge in [-0.05, 0) is 97.1 Å². The van der Waals surface area contributed by atoms with E-state index in [1.165, 1.54) is 0 Å². The zero-order valence-corrected chi connectivity index (χ0v) is 27.9. The first-order valence-electron chi connectivity index (χ1n) is 15.1. The van der Waals surface area contributed by atoms with Crippen LogP contribution in [0, 0.1) is 0 Å². The van der Waals surface area contributed by atoms with E-state index < -0.39 is 0 Å². The largest absolute Gasteiger partial charge is 0.334 e. The van der Waals surface area contributed by atoms with E-state index >= 15 is 0 Å². The zero-order valence-electron chi connectivity index (χ0n) is 24.9. The highest BCUT2D eigenvalue weighted by atomic mass is 35.5. The van der Waals surface area contributed by atoms with Crippen molar-refractivity contribution in [3.8, 4) is 11.4 Å². The van der Waals surface area contributed by atoms with Gasteiger partial charge in [0, 0.05) is 63.7 Å². The van der Waals surface area contributed by atoms with Gasteiger partial charge >= 0.3 is 0 Å². The average molecular weight is 708 g/mol. The normalized spacial score (nSPS) is 11.9. The van der Waals surface area contributed by atoms with Crippen LogP contribution in [0.15, 0.2) is 109 Å². The second-order valence-electron chi connectivity index (χ2n) is 11.6. The molecule has 12 heteroatoms. The number of fused-ring (bicyclic) bond motifs is 6. The third-order valence-electron chi connectivity index (χ3n) is 8.68. The van der Waals surface area contributed by atoms with Crippen LogP contribution in [-0.4, -0.2) is 39.1 Å². The molecule has 0 amide bonds. The fourth-order valence-corrected chi connectivity index (χ4v) is 7.20. The molecule has 0 aliphatic carbocycles. The number of hydrogen-bond acceptors (Lipinski definition) is 4. The number of nitrogens with zero attached hydrogens (tertiary/aromatic N) is 8. The quantitative estimate of drug-likeness (QED) is 0.173. The molecule has 0 spiro atoms. The van der Waals surface area contributed by atoms with E-state index in [0.29, 0.717) is 33.2 Å². The van der Waals surface area contributed by atoms with Crippen LogP contribution in [0.5, 0.6) is 0 Å². The Balaban J connectivity index is 0.973. The van der Waals surface area contributed by atoms with Crippen molar-refractivity contribution in [2.24, 2.45) is 0 Å². The summed E-state index contributed by atoms with van der Waals surface area (Å²) >= 11 is 25.4. The highest BCUT2D eigenvalue weighted by molar-refractivity contribution is 6.34. The lowest BCUT2D eigenvalue weighted by Crippen LogP contribution is -2.00. The smallest absolute Gasteiger partial charge is 0.103 e. The monoisotopic (exact) mass is 706 g/mol. The van der Waals surface area contributed by atoms with E-state index in [1.54, 1.807) is 9.36 Å². The van der Waals surface area contributed by atoms with Crippen LogP contribution in [0.4, 0.5) is 0 Å². The SMILES string of the molecule is Clc1ccc2c(c1)c1cc(Cl)ccc1n2Cc1cn(-c2ccc(-n3cc(Cn4c5ccc(Cl)cc5c5cc(Cl)ccc54)nn3)cc2)nn1. The molecule has 0 saturated carbocycles. The Kier molecular flexibility index (Phi) is 6.95. The molecule has 4 heterocycles. The van der Waals surface area contributed by atoms with Crippen molar-refractivity contribution in [3.63, 3.8) is 0 Å².